The average molecular weight is 235 g/mol. The first-order valence-electron chi connectivity index (χ1n) is 6.47. The van der Waals surface area contributed by atoms with Crippen molar-refractivity contribution in [1.29, 1.82) is 0 Å². The standard InChI is InChI=1S/C15H25NO/c1-6-15(5,11-16-7-2)17-14-9-8-12(3)10-13(14)4/h8-10,16H,6-7,11H2,1-5H3. The van der Waals surface area contributed by atoms with E-state index in [2.05, 4.69) is 58.1 Å². The molecule has 0 fully saturated rings. The molecule has 1 rings (SSSR count). The van der Waals surface area contributed by atoms with Crippen LogP contribution in [0.2, 0.25) is 0 Å². The van der Waals surface area contributed by atoms with E-state index in [0.717, 1.165) is 25.3 Å². The lowest BCUT2D eigenvalue weighted by atomic mass is 10.0. The van der Waals surface area contributed by atoms with Crippen molar-refractivity contribution in [3.05, 3.63) is 29.3 Å². The van der Waals surface area contributed by atoms with Gasteiger partial charge >= 0.3 is 0 Å². The van der Waals surface area contributed by atoms with E-state index in [9.17, 15) is 0 Å². The molecule has 1 atom stereocenters. The largest absolute Gasteiger partial charge is 0.486 e. The van der Waals surface area contributed by atoms with Gasteiger partial charge in [-0.3, -0.25) is 0 Å². The summed E-state index contributed by atoms with van der Waals surface area (Å²) in [6.45, 7) is 12.5. The Hall–Kier alpha value is -1.02. The van der Waals surface area contributed by atoms with Gasteiger partial charge in [0.25, 0.3) is 0 Å². The van der Waals surface area contributed by atoms with E-state index in [1.165, 1.54) is 11.1 Å². The molecule has 96 valence electrons. The Labute approximate surface area is 105 Å². The number of likely N-dealkylation sites (N-methyl/N-ethyl adjacent to an activating group) is 1. The van der Waals surface area contributed by atoms with Crippen LogP contribution in [-0.4, -0.2) is 18.7 Å². The zero-order chi connectivity index (χ0) is 12.9. The highest BCUT2D eigenvalue weighted by atomic mass is 16.5. The van der Waals surface area contributed by atoms with Crippen LogP contribution >= 0.6 is 0 Å². The van der Waals surface area contributed by atoms with E-state index in [1.807, 2.05) is 0 Å². The highest BCUT2D eigenvalue weighted by molar-refractivity contribution is 5.36. The van der Waals surface area contributed by atoms with E-state index in [4.69, 9.17) is 4.74 Å². The summed E-state index contributed by atoms with van der Waals surface area (Å²) in [5, 5.41) is 3.37. The molecular formula is C15H25NO. The molecule has 0 amide bonds. The molecule has 0 aliphatic rings. The molecule has 0 saturated heterocycles. The molecule has 0 bridgehead atoms. The van der Waals surface area contributed by atoms with Crippen LogP contribution in [0.5, 0.6) is 5.75 Å². The predicted molar refractivity (Wildman–Crippen MR) is 73.8 cm³/mol. The number of hydrogen-bond acceptors (Lipinski definition) is 2. The second-order valence-electron chi connectivity index (χ2n) is 4.95. The highest BCUT2D eigenvalue weighted by Crippen LogP contribution is 2.25. The van der Waals surface area contributed by atoms with Crippen molar-refractivity contribution >= 4 is 0 Å². The Morgan fingerprint density at radius 3 is 2.47 bits per heavy atom. The maximum absolute atomic E-state index is 6.18. The summed E-state index contributed by atoms with van der Waals surface area (Å²) in [6, 6.07) is 6.34. The fraction of sp³-hybridized carbons (Fsp3) is 0.600. The van der Waals surface area contributed by atoms with Crippen LogP contribution < -0.4 is 10.1 Å². The zero-order valence-corrected chi connectivity index (χ0v) is 11.8. The molecule has 2 heteroatoms. The molecule has 1 aromatic rings. The van der Waals surface area contributed by atoms with E-state index < -0.39 is 0 Å². The molecule has 0 heterocycles. The number of hydrogen-bond donors (Lipinski definition) is 1. The van der Waals surface area contributed by atoms with Crippen molar-refractivity contribution in [3.8, 4) is 5.75 Å². The van der Waals surface area contributed by atoms with Crippen molar-refractivity contribution < 1.29 is 4.74 Å². The number of nitrogens with one attached hydrogen (secondary N) is 1. The van der Waals surface area contributed by atoms with Gasteiger partial charge in [0.15, 0.2) is 0 Å². The van der Waals surface area contributed by atoms with Crippen molar-refractivity contribution in [2.45, 2.75) is 46.6 Å². The normalized spacial score (nSPS) is 14.4. The van der Waals surface area contributed by atoms with Crippen LogP contribution in [0.15, 0.2) is 18.2 Å². The van der Waals surface area contributed by atoms with Gasteiger partial charge in [0.1, 0.15) is 11.4 Å². The Morgan fingerprint density at radius 1 is 1.24 bits per heavy atom. The molecule has 0 aromatic heterocycles. The van der Waals surface area contributed by atoms with Crippen molar-refractivity contribution in [3.63, 3.8) is 0 Å². The number of benzene rings is 1. The Kier molecular flexibility index (Phi) is 5.01. The molecule has 17 heavy (non-hydrogen) atoms. The van der Waals surface area contributed by atoms with Crippen LogP contribution in [0, 0.1) is 13.8 Å². The number of ether oxygens (including phenoxy) is 1. The zero-order valence-electron chi connectivity index (χ0n) is 11.8. The molecule has 0 saturated carbocycles. The van der Waals surface area contributed by atoms with E-state index in [-0.39, 0.29) is 5.60 Å². The summed E-state index contributed by atoms with van der Waals surface area (Å²) in [4.78, 5) is 0. The van der Waals surface area contributed by atoms with Crippen molar-refractivity contribution in [1.82, 2.24) is 5.32 Å². The first-order chi connectivity index (χ1) is 8.00. The van der Waals surface area contributed by atoms with Crippen molar-refractivity contribution in [2.24, 2.45) is 0 Å². The summed E-state index contributed by atoms with van der Waals surface area (Å²) in [6.07, 6.45) is 0.993. The topological polar surface area (TPSA) is 21.3 Å². The molecule has 1 aromatic carbocycles. The Morgan fingerprint density at radius 2 is 1.94 bits per heavy atom. The smallest absolute Gasteiger partial charge is 0.123 e. The van der Waals surface area contributed by atoms with Crippen LogP contribution in [0.25, 0.3) is 0 Å². The van der Waals surface area contributed by atoms with Gasteiger partial charge in [-0.25, -0.2) is 0 Å². The lowest BCUT2D eigenvalue weighted by Gasteiger charge is -2.30. The predicted octanol–water partition coefficient (Wildman–Crippen LogP) is 3.46. The fourth-order valence-corrected chi connectivity index (χ4v) is 1.80. The summed E-state index contributed by atoms with van der Waals surface area (Å²) in [5.74, 6) is 0.998. The fourth-order valence-electron chi connectivity index (χ4n) is 1.80. The van der Waals surface area contributed by atoms with E-state index >= 15 is 0 Å². The average Bonchev–Trinajstić information content (AvgIpc) is 2.30. The third-order valence-electron chi connectivity index (χ3n) is 3.18. The molecular weight excluding hydrogens is 210 g/mol. The Balaban J connectivity index is 2.79. The van der Waals surface area contributed by atoms with Crippen LogP contribution in [0.4, 0.5) is 0 Å². The van der Waals surface area contributed by atoms with E-state index in [1.54, 1.807) is 0 Å². The van der Waals surface area contributed by atoms with Gasteiger partial charge in [0.2, 0.25) is 0 Å². The van der Waals surface area contributed by atoms with Gasteiger partial charge in [-0.05, 0) is 45.4 Å². The summed E-state index contributed by atoms with van der Waals surface area (Å²) < 4.78 is 6.18. The van der Waals surface area contributed by atoms with Gasteiger partial charge in [-0.1, -0.05) is 31.5 Å². The first-order valence-corrected chi connectivity index (χ1v) is 6.47. The van der Waals surface area contributed by atoms with Crippen LogP contribution in [0.3, 0.4) is 0 Å². The van der Waals surface area contributed by atoms with Gasteiger partial charge in [0, 0.05) is 6.54 Å². The quantitative estimate of drug-likeness (QED) is 0.815. The third-order valence-corrected chi connectivity index (χ3v) is 3.18. The third kappa shape index (κ3) is 4.04. The minimum atomic E-state index is -0.129. The second kappa shape index (κ2) is 6.06. The lowest BCUT2D eigenvalue weighted by Crippen LogP contribution is -2.42. The monoisotopic (exact) mass is 235 g/mol. The molecule has 0 aliphatic carbocycles. The minimum Gasteiger partial charge on any atom is -0.486 e. The molecule has 1 unspecified atom stereocenters. The second-order valence-corrected chi connectivity index (χ2v) is 4.95. The minimum absolute atomic E-state index is 0.129. The molecule has 0 aliphatic heterocycles. The van der Waals surface area contributed by atoms with E-state index in [0.29, 0.717) is 0 Å². The van der Waals surface area contributed by atoms with Gasteiger partial charge in [-0.15, -0.1) is 0 Å². The summed E-state index contributed by atoms with van der Waals surface area (Å²) >= 11 is 0. The molecule has 2 nitrogen and oxygen atoms in total. The van der Waals surface area contributed by atoms with Gasteiger partial charge in [-0.2, -0.15) is 0 Å². The molecule has 0 radical (unpaired) electrons. The Bertz CT molecular complexity index is 362. The summed E-state index contributed by atoms with van der Waals surface area (Å²) in [5.41, 5.74) is 2.36. The maximum Gasteiger partial charge on any atom is 0.123 e. The van der Waals surface area contributed by atoms with Gasteiger partial charge < -0.3 is 10.1 Å². The lowest BCUT2D eigenvalue weighted by molar-refractivity contribution is 0.0833. The molecule has 0 spiro atoms. The van der Waals surface area contributed by atoms with Gasteiger partial charge in [0.05, 0.1) is 0 Å². The van der Waals surface area contributed by atoms with Crippen LogP contribution in [0.1, 0.15) is 38.3 Å². The molecule has 1 N–H and O–H groups in total. The summed E-state index contributed by atoms with van der Waals surface area (Å²) in [7, 11) is 0. The SMILES string of the molecule is CCNCC(C)(CC)Oc1ccc(C)cc1C. The van der Waals surface area contributed by atoms with Crippen molar-refractivity contribution in [2.75, 3.05) is 13.1 Å². The van der Waals surface area contributed by atoms with Crippen LogP contribution in [-0.2, 0) is 0 Å². The number of rotatable bonds is 6. The first kappa shape index (κ1) is 14.0. The maximum atomic E-state index is 6.18. The number of aryl methyl sites for hydroxylation is 2. The highest BCUT2D eigenvalue weighted by Gasteiger charge is 2.24.